The highest BCUT2D eigenvalue weighted by atomic mass is 15.1. The number of nitrogens with zero attached hydrogens (tertiary/aromatic N) is 2. The fourth-order valence-corrected chi connectivity index (χ4v) is 7.38. The monoisotopic (exact) mass is 416 g/mol. The van der Waals surface area contributed by atoms with Crippen molar-refractivity contribution in [2.45, 2.75) is 70.8 Å². The Hall–Kier alpha value is -1.67. The maximum atomic E-state index is 4.28. The van der Waals surface area contributed by atoms with Crippen LogP contribution in [0.3, 0.4) is 0 Å². The zero-order valence-electron chi connectivity index (χ0n) is 19.8. The minimum absolute atomic E-state index is 0.815. The van der Waals surface area contributed by atoms with Crippen molar-refractivity contribution < 1.29 is 0 Å². The molecule has 1 aromatic carbocycles. The number of allylic oxidation sites excluding steroid dienone is 2. The molecule has 6 atom stereocenters. The summed E-state index contributed by atoms with van der Waals surface area (Å²) in [6.45, 7) is 2.55. The van der Waals surface area contributed by atoms with Crippen molar-refractivity contribution >= 4 is 16.3 Å². The highest BCUT2D eigenvalue weighted by molar-refractivity contribution is 5.85. The molecule has 5 rings (SSSR count). The molecule has 2 fully saturated rings. The quantitative estimate of drug-likeness (QED) is 0.514. The Labute approximate surface area is 189 Å². The van der Waals surface area contributed by atoms with Crippen LogP contribution in [0.15, 0.2) is 42.7 Å². The number of aromatic nitrogens is 1. The molecule has 0 aliphatic heterocycles. The number of rotatable bonds is 2. The number of fused-ring (bicyclic) bond motifs is 4. The smallest absolute Gasteiger partial charge is 0.0346 e. The van der Waals surface area contributed by atoms with Crippen LogP contribution in [-0.4, -0.2) is 30.0 Å². The predicted octanol–water partition coefficient (Wildman–Crippen LogP) is 7.20. The normalized spacial score (nSPS) is 34.3. The number of benzene rings is 1. The first-order chi connectivity index (χ1) is 15.1. The zero-order chi connectivity index (χ0) is 21.4. The Morgan fingerprint density at radius 1 is 0.903 bits per heavy atom. The van der Waals surface area contributed by atoms with Gasteiger partial charge in [-0.3, -0.25) is 4.98 Å². The second-order valence-electron chi connectivity index (χ2n) is 11.0. The fourth-order valence-electron chi connectivity index (χ4n) is 7.38. The molecule has 0 spiro atoms. The van der Waals surface area contributed by atoms with E-state index < -0.39 is 0 Å². The van der Waals surface area contributed by atoms with Gasteiger partial charge in [0.25, 0.3) is 0 Å². The van der Waals surface area contributed by atoms with Crippen LogP contribution in [0.25, 0.3) is 16.3 Å². The molecule has 6 unspecified atom stereocenters. The lowest BCUT2D eigenvalue weighted by Crippen LogP contribution is -2.44. The molecule has 166 valence electrons. The third kappa shape index (κ3) is 4.33. The number of hydrogen-bond acceptors (Lipinski definition) is 2. The van der Waals surface area contributed by atoms with E-state index in [0.717, 1.165) is 35.6 Å². The van der Waals surface area contributed by atoms with Crippen LogP contribution >= 0.6 is 0 Å². The Bertz CT molecular complexity index is 929. The molecule has 2 nitrogen and oxygen atoms in total. The van der Waals surface area contributed by atoms with Gasteiger partial charge in [-0.2, -0.15) is 0 Å². The van der Waals surface area contributed by atoms with Crippen molar-refractivity contribution in [3.05, 3.63) is 48.3 Å². The van der Waals surface area contributed by atoms with E-state index in [4.69, 9.17) is 0 Å². The second-order valence-corrected chi connectivity index (χ2v) is 11.0. The molecule has 2 heteroatoms. The van der Waals surface area contributed by atoms with E-state index in [2.05, 4.69) is 61.2 Å². The van der Waals surface area contributed by atoms with Gasteiger partial charge in [0.1, 0.15) is 0 Å². The summed E-state index contributed by atoms with van der Waals surface area (Å²) in [6, 6.07) is 9.93. The molecular weight excluding hydrogens is 376 g/mol. The molecule has 1 aromatic heterocycles. The van der Waals surface area contributed by atoms with Crippen LogP contribution in [0, 0.1) is 29.6 Å². The average molecular weight is 417 g/mol. The highest BCUT2D eigenvalue weighted by Crippen LogP contribution is 2.52. The first kappa shape index (κ1) is 21.2. The molecule has 1 heterocycles. The van der Waals surface area contributed by atoms with E-state index in [0.29, 0.717) is 0 Å². The van der Waals surface area contributed by atoms with E-state index in [1.54, 1.807) is 5.57 Å². The summed E-state index contributed by atoms with van der Waals surface area (Å²) in [5, 5.41) is 2.56. The third-order valence-electron chi connectivity index (χ3n) is 9.18. The Morgan fingerprint density at radius 2 is 1.77 bits per heavy atom. The van der Waals surface area contributed by atoms with Crippen LogP contribution in [-0.2, 0) is 0 Å². The van der Waals surface area contributed by atoms with Crippen LogP contribution in [0.1, 0.15) is 70.3 Å². The summed E-state index contributed by atoms with van der Waals surface area (Å²) in [5.41, 5.74) is 3.01. The molecule has 31 heavy (non-hydrogen) atoms. The lowest BCUT2D eigenvalue weighted by atomic mass is 9.57. The van der Waals surface area contributed by atoms with Crippen molar-refractivity contribution in [1.29, 1.82) is 0 Å². The maximum absolute atomic E-state index is 4.28. The van der Waals surface area contributed by atoms with Gasteiger partial charge in [0.05, 0.1) is 0 Å². The molecular formula is C29H40N2. The topological polar surface area (TPSA) is 16.1 Å². The van der Waals surface area contributed by atoms with Gasteiger partial charge in [0.2, 0.25) is 0 Å². The molecule has 0 amide bonds. The summed E-state index contributed by atoms with van der Waals surface area (Å²) < 4.78 is 0. The predicted molar refractivity (Wildman–Crippen MR) is 132 cm³/mol. The minimum atomic E-state index is 0.815. The number of hydrogen-bond donors (Lipinski definition) is 0. The van der Waals surface area contributed by atoms with Gasteiger partial charge in [-0.1, -0.05) is 25.1 Å². The van der Waals surface area contributed by atoms with Gasteiger partial charge < -0.3 is 4.90 Å². The minimum Gasteiger partial charge on any atom is -0.306 e. The molecule has 3 aliphatic carbocycles. The summed E-state index contributed by atoms with van der Waals surface area (Å²) in [7, 11) is 4.57. The lowest BCUT2D eigenvalue weighted by molar-refractivity contribution is 0.00248. The van der Waals surface area contributed by atoms with E-state index in [1.807, 2.05) is 12.4 Å². The highest BCUT2D eigenvalue weighted by Gasteiger charge is 2.43. The summed E-state index contributed by atoms with van der Waals surface area (Å²) in [5.74, 6) is 4.70. The van der Waals surface area contributed by atoms with Gasteiger partial charge >= 0.3 is 0 Å². The van der Waals surface area contributed by atoms with E-state index in [1.165, 1.54) is 74.1 Å². The van der Waals surface area contributed by atoms with Crippen molar-refractivity contribution in [3.63, 3.8) is 0 Å². The van der Waals surface area contributed by atoms with Gasteiger partial charge in [-0.15, -0.1) is 0 Å². The van der Waals surface area contributed by atoms with Crippen LogP contribution in [0.5, 0.6) is 0 Å². The Balaban J connectivity index is 1.34. The second kappa shape index (κ2) is 9.06. The maximum Gasteiger partial charge on any atom is 0.0346 e. The summed E-state index contributed by atoms with van der Waals surface area (Å²) in [4.78, 5) is 6.77. The largest absolute Gasteiger partial charge is 0.306 e. The molecule has 0 radical (unpaired) electrons. The van der Waals surface area contributed by atoms with Gasteiger partial charge in [-0.25, -0.2) is 0 Å². The van der Waals surface area contributed by atoms with Crippen molar-refractivity contribution in [2.75, 3.05) is 14.1 Å². The third-order valence-corrected chi connectivity index (χ3v) is 9.18. The SMILES string of the molecule is CC1CC=C(c2ccc3cnccc3c2)CCCC2C1CCC1CC(N(C)C)CCC12. The van der Waals surface area contributed by atoms with E-state index in [-0.39, 0.29) is 0 Å². The number of pyridine rings is 1. The Kier molecular flexibility index (Phi) is 6.19. The van der Waals surface area contributed by atoms with Crippen LogP contribution < -0.4 is 0 Å². The molecule has 0 N–H and O–H groups in total. The Morgan fingerprint density at radius 3 is 2.65 bits per heavy atom. The van der Waals surface area contributed by atoms with Gasteiger partial charge in [0, 0.05) is 23.8 Å². The zero-order valence-corrected chi connectivity index (χ0v) is 19.8. The van der Waals surface area contributed by atoms with Crippen molar-refractivity contribution in [2.24, 2.45) is 29.6 Å². The molecule has 0 saturated heterocycles. The van der Waals surface area contributed by atoms with Crippen molar-refractivity contribution in [1.82, 2.24) is 9.88 Å². The van der Waals surface area contributed by atoms with Gasteiger partial charge in [0.15, 0.2) is 0 Å². The molecule has 3 aliphatic rings. The molecule has 2 saturated carbocycles. The van der Waals surface area contributed by atoms with Crippen LogP contribution in [0.2, 0.25) is 0 Å². The van der Waals surface area contributed by atoms with E-state index >= 15 is 0 Å². The first-order valence-electron chi connectivity index (χ1n) is 12.8. The fraction of sp³-hybridized carbons (Fsp3) is 0.621. The average Bonchev–Trinajstić information content (AvgIpc) is 2.87. The van der Waals surface area contributed by atoms with Crippen molar-refractivity contribution in [3.8, 4) is 0 Å². The standard InChI is InChI=1S/C29H40N2/c1-20-7-8-21(22-9-10-25-19-30-16-15-23(25)17-22)5-4-6-29-27(20)13-11-24-18-26(31(2)3)12-14-28(24)29/h8-10,15-17,19-20,24,26-29H,4-7,11-14,18H2,1-3H3. The van der Waals surface area contributed by atoms with E-state index in [9.17, 15) is 0 Å². The van der Waals surface area contributed by atoms with Gasteiger partial charge in [-0.05, 0) is 130 Å². The molecule has 0 bridgehead atoms. The molecule has 2 aromatic rings. The lowest BCUT2D eigenvalue weighted by Gasteiger charge is -2.50. The summed E-state index contributed by atoms with van der Waals surface area (Å²) >= 11 is 0. The summed E-state index contributed by atoms with van der Waals surface area (Å²) in [6.07, 6.45) is 19.1. The first-order valence-corrected chi connectivity index (χ1v) is 12.8. The van der Waals surface area contributed by atoms with Crippen LogP contribution in [0.4, 0.5) is 0 Å².